The van der Waals surface area contributed by atoms with Crippen molar-refractivity contribution < 1.29 is 13.2 Å². The molecule has 6 nitrogen and oxygen atoms in total. The number of hydrogen-bond donors (Lipinski definition) is 1. The van der Waals surface area contributed by atoms with Crippen LogP contribution in [0, 0.1) is 0 Å². The van der Waals surface area contributed by atoms with E-state index in [0.29, 0.717) is 34.5 Å². The van der Waals surface area contributed by atoms with Gasteiger partial charge in [0, 0.05) is 28.1 Å². The monoisotopic (exact) mass is 529 g/mol. The molecule has 1 aliphatic heterocycles. The molecule has 0 saturated carbocycles. The normalized spacial score (nSPS) is 13.1. The van der Waals surface area contributed by atoms with Crippen molar-refractivity contribution in [3.05, 3.63) is 93.3 Å². The molecule has 10 heteroatoms. The Balaban J connectivity index is 1.41. The molecule has 1 amide bonds. The fourth-order valence-corrected chi connectivity index (χ4v) is 6.76. The number of nitrogens with one attached hydrogen (secondary N) is 1. The van der Waals surface area contributed by atoms with Crippen LogP contribution >= 0.6 is 34.5 Å². The van der Waals surface area contributed by atoms with E-state index in [9.17, 15) is 13.2 Å². The third-order valence-electron chi connectivity index (χ3n) is 5.48. The van der Waals surface area contributed by atoms with E-state index in [0.717, 1.165) is 11.1 Å². The summed E-state index contributed by atoms with van der Waals surface area (Å²) in [6, 6.07) is 18.8. The Morgan fingerprint density at radius 1 is 1.00 bits per heavy atom. The van der Waals surface area contributed by atoms with Crippen LogP contribution in [0.1, 0.15) is 15.9 Å². The van der Waals surface area contributed by atoms with Crippen LogP contribution in [0.25, 0.3) is 11.3 Å². The molecule has 1 N–H and O–H groups in total. The Morgan fingerprint density at radius 2 is 1.76 bits per heavy atom. The predicted octanol–water partition coefficient (Wildman–Crippen LogP) is 6.12. The number of carbonyl (C=O) groups excluding carboxylic acids is 1. The minimum atomic E-state index is -3.95. The maximum absolute atomic E-state index is 13.4. The van der Waals surface area contributed by atoms with Crippen LogP contribution in [0.15, 0.2) is 77.0 Å². The van der Waals surface area contributed by atoms with Crippen molar-refractivity contribution in [3.63, 3.8) is 0 Å². The van der Waals surface area contributed by atoms with Gasteiger partial charge in [-0.1, -0.05) is 59.6 Å². The molecule has 0 aliphatic carbocycles. The topological polar surface area (TPSA) is 79.4 Å². The molecular weight excluding hydrogens is 513 g/mol. The van der Waals surface area contributed by atoms with Crippen LogP contribution in [-0.2, 0) is 16.4 Å². The van der Waals surface area contributed by atoms with Crippen LogP contribution in [0.5, 0.6) is 0 Å². The SMILES string of the molecule is O=C(Nc1nc(-c2ccccc2Cl)cs1)c1ccc(Cl)c(S(=O)(=O)N2CCc3ccccc32)c1. The van der Waals surface area contributed by atoms with Gasteiger partial charge in [0.05, 0.1) is 16.4 Å². The van der Waals surface area contributed by atoms with Gasteiger partial charge in [-0.25, -0.2) is 13.4 Å². The predicted molar refractivity (Wildman–Crippen MR) is 137 cm³/mol. The minimum Gasteiger partial charge on any atom is -0.298 e. The van der Waals surface area contributed by atoms with Gasteiger partial charge in [0.25, 0.3) is 15.9 Å². The van der Waals surface area contributed by atoms with Crippen LogP contribution in [-0.4, -0.2) is 25.9 Å². The highest BCUT2D eigenvalue weighted by Gasteiger charge is 2.32. The second-order valence-electron chi connectivity index (χ2n) is 7.57. The van der Waals surface area contributed by atoms with E-state index < -0.39 is 15.9 Å². The van der Waals surface area contributed by atoms with Crippen molar-refractivity contribution >= 4 is 61.3 Å². The number of thiazole rings is 1. The first kappa shape index (κ1) is 22.9. The summed E-state index contributed by atoms with van der Waals surface area (Å²) in [5.74, 6) is -0.491. The second-order valence-corrected chi connectivity index (χ2v) is 11.1. The average molecular weight is 530 g/mol. The maximum atomic E-state index is 13.4. The van der Waals surface area contributed by atoms with E-state index in [2.05, 4.69) is 10.3 Å². The summed E-state index contributed by atoms with van der Waals surface area (Å²) in [5, 5.41) is 5.49. The van der Waals surface area contributed by atoms with Gasteiger partial charge in [-0.2, -0.15) is 0 Å². The Labute approximate surface area is 210 Å². The zero-order valence-electron chi connectivity index (χ0n) is 17.5. The van der Waals surface area contributed by atoms with Crippen LogP contribution in [0.4, 0.5) is 10.8 Å². The number of benzene rings is 3. The first-order valence-electron chi connectivity index (χ1n) is 10.3. The second kappa shape index (κ2) is 9.03. The zero-order valence-corrected chi connectivity index (χ0v) is 20.7. The molecule has 34 heavy (non-hydrogen) atoms. The molecule has 0 fully saturated rings. The Bertz CT molecular complexity index is 1520. The summed E-state index contributed by atoms with van der Waals surface area (Å²) in [6.45, 7) is 0.318. The average Bonchev–Trinajstić information content (AvgIpc) is 3.47. The molecular formula is C24H17Cl2N3O3S2. The number of fused-ring (bicyclic) bond motifs is 1. The van der Waals surface area contributed by atoms with Crippen molar-refractivity contribution in [2.45, 2.75) is 11.3 Å². The molecule has 172 valence electrons. The number of para-hydroxylation sites is 1. The Hall–Kier alpha value is -2.91. The number of hydrogen-bond acceptors (Lipinski definition) is 5. The largest absolute Gasteiger partial charge is 0.298 e. The van der Waals surface area contributed by atoms with E-state index in [1.54, 1.807) is 23.6 Å². The molecule has 3 aromatic carbocycles. The summed E-state index contributed by atoms with van der Waals surface area (Å²) in [6.07, 6.45) is 0.616. The van der Waals surface area contributed by atoms with Gasteiger partial charge in [-0.05, 0) is 42.3 Å². The van der Waals surface area contributed by atoms with Crippen molar-refractivity contribution in [2.24, 2.45) is 0 Å². The number of aromatic nitrogens is 1. The van der Waals surface area contributed by atoms with Gasteiger partial charge in [-0.3, -0.25) is 14.4 Å². The lowest BCUT2D eigenvalue weighted by Gasteiger charge is -2.20. The first-order valence-corrected chi connectivity index (χ1v) is 13.3. The Morgan fingerprint density at radius 3 is 2.59 bits per heavy atom. The van der Waals surface area contributed by atoms with Gasteiger partial charge in [0.2, 0.25) is 0 Å². The number of nitrogens with zero attached hydrogens (tertiary/aromatic N) is 2. The van der Waals surface area contributed by atoms with E-state index in [1.165, 1.54) is 33.8 Å². The highest BCUT2D eigenvalue weighted by atomic mass is 35.5. The van der Waals surface area contributed by atoms with Gasteiger partial charge in [-0.15, -0.1) is 11.3 Å². The highest BCUT2D eigenvalue weighted by molar-refractivity contribution is 7.93. The lowest BCUT2D eigenvalue weighted by molar-refractivity contribution is 0.102. The molecule has 0 radical (unpaired) electrons. The molecule has 0 unspecified atom stereocenters. The van der Waals surface area contributed by atoms with Gasteiger partial charge in [0.1, 0.15) is 4.90 Å². The van der Waals surface area contributed by atoms with Gasteiger partial charge >= 0.3 is 0 Å². The summed E-state index contributed by atoms with van der Waals surface area (Å²) >= 11 is 13.8. The lowest BCUT2D eigenvalue weighted by Crippen LogP contribution is -2.29. The number of carbonyl (C=O) groups is 1. The molecule has 0 bridgehead atoms. The summed E-state index contributed by atoms with van der Waals surface area (Å²) in [7, 11) is -3.95. The van der Waals surface area contributed by atoms with Crippen LogP contribution in [0.3, 0.4) is 0 Å². The van der Waals surface area contributed by atoms with Crippen LogP contribution in [0.2, 0.25) is 10.0 Å². The number of sulfonamides is 1. The maximum Gasteiger partial charge on any atom is 0.265 e. The minimum absolute atomic E-state index is 0.0520. The number of halogens is 2. The van der Waals surface area contributed by atoms with E-state index in [-0.39, 0.29) is 15.5 Å². The summed E-state index contributed by atoms with van der Waals surface area (Å²) in [5.41, 5.74) is 3.13. The zero-order chi connectivity index (χ0) is 23.9. The number of rotatable bonds is 5. The molecule has 1 aliphatic rings. The third kappa shape index (κ3) is 4.18. The molecule has 0 saturated heterocycles. The fraction of sp³-hybridized carbons (Fsp3) is 0.0833. The molecule has 5 rings (SSSR count). The Kier molecular flexibility index (Phi) is 6.07. The molecule has 4 aromatic rings. The lowest BCUT2D eigenvalue weighted by atomic mass is 10.2. The molecule has 1 aromatic heterocycles. The van der Waals surface area contributed by atoms with Crippen molar-refractivity contribution in [1.29, 1.82) is 0 Å². The number of anilines is 2. The fourth-order valence-electron chi connectivity index (χ4n) is 3.81. The van der Waals surface area contributed by atoms with E-state index in [4.69, 9.17) is 23.2 Å². The van der Waals surface area contributed by atoms with Crippen molar-refractivity contribution in [2.75, 3.05) is 16.2 Å². The van der Waals surface area contributed by atoms with Crippen LogP contribution < -0.4 is 9.62 Å². The third-order valence-corrected chi connectivity index (χ3v) is 8.86. The number of amides is 1. The first-order chi connectivity index (χ1) is 16.3. The molecule has 0 atom stereocenters. The quantitative estimate of drug-likeness (QED) is 0.337. The summed E-state index contributed by atoms with van der Waals surface area (Å²) in [4.78, 5) is 17.2. The van der Waals surface area contributed by atoms with Gasteiger partial charge < -0.3 is 0 Å². The van der Waals surface area contributed by atoms with E-state index in [1.807, 2.05) is 30.3 Å². The van der Waals surface area contributed by atoms with Crippen molar-refractivity contribution in [3.8, 4) is 11.3 Å². The highest BCUT2D eigenvalue weighted by Crippen LogP contribution is 2.35. The molecule has 0 spiro atoms. The van der Waals surface area contributed by atoms with Crippen molar-refractivity contribution in [1.82, 2.24) is 4.98 Å². The van der Waals surface area contributed by atoms with E-state index >= 15 is 0 Å². The molecule has 2 heterocycles. The van der Waals surface area contributed by atoms with Gasteiger partial charge in [0.15, 0.2) is 5.13 Å². The standard InChI is InChI=1S/C24H17Cl2N3O3S2/c25-18-7-3-2-6-17(18)20-14-33-24(27-20)28-23(30)16-9-10-19(26)22(13-16)34(31,32)29-12-11-15-5-1-4-8-21(15)29/h1-10,13-14H,11-12H2,(H,27,28,30). The summed E-state index contributed by atoms with van der Waals surface area (Å²) < 4.78 is 28.2. The smallest absolute Gasteiger partial charge is 0.265 e.